The summed E-state index contributed by atoms with van der Waals surface area (Å²) in [4.78, 5) is 6.40. The van der Waals surface area contributed by atoms with Crippen molar-refractivity contribution in [3.8, 4) is 0 Å². The van der Waals surface area contributed by atoms with Crippen molar-refractivity contribution in [2.75, 3.05) is 11.4 Å². The maximum Gasteiger partial charge on any atom is 0.0853 e. The molecule has 15 heavy (non-hydrogen) atoms. The lowest BCUT2D eigenvalue weighted by Crippen LogP contribution is -2.32. The normalized spacial score (nSPS) is 12.5. The summed E-state index contributed by atoms with van der Waals surface area (Å²) in [7, 11) is 0. The fourth-order valence-electron chi connectivity index (χ4n) is 1.70. The molecule has 0 saturated carbocycles. The first-order valence-electron chi connectivity index (χ1n) is 5.55. The van der Waals surface area contributed by atoms with Gasteiger partial charge in [0.05, 0.1) is 12.3 Å². The molecule has 1 aromatic rings. The van der Waals surface area contributed by atoms with E-state index in [0.29, 0.717) is 6.04 Å². The third-order valence-corrected chi connectivity index (χ3v) is 2.76. The Hall–Kier alpha value is -1.09. The van der Waals surface area contributed by atoms with Crippen LogP contribution in [0.15, 0.2) is 18.3 Å². The lowest BCUT2D eigenvalue weighted by Gasteiger charge is -2.29. The van der Waals surface area contributed by atoms with Gasteiger partial charge in [-0.1, -0.05) is 6.92 Å². The molecule has 0 amide bonds. The van der Waals surface area contributed by atoms with E-state index in [1.54, 1.807) is 6.20 Å². The molecule has 0 fully saturated rings. The number of pyridine rings is 1. The van der Waals surface area contributed by atoms with Gasteiger partial charge >= 0.3 is 0 Å². The van der Waals surface area contributed by atoms with Gasteiger partial charge in [0.15, 0.2) is 0 Å². The van der Waals surface area contributed by atoms with Crippen molar-refractivity contribution in [3.63, 3.8) is 0 Å². The van der Waals surface area contributed by atoms with Crippen LogP contribution in [0.1, 0.15) is 32.9 Å². The fourth-order valence-corrected chi connectivity index (χ4v) is 1.70. The van der Waals surface area contributed by atoms with Gasteiger partial charge in [-0.25, -0.2) is 0 Å². The second kappa shape index (κ2) is 5.71. The molecule has 0 aliphatic rings. The SMILES string of the molecule is CCC(C)N(CC)c1ccnc(CO)c1. The largest absolute Gasteiger partial charge is 0.390 e. The first-order chi connectivity index (χ1) is 7.22. The molecular formula is C12H20N2O. The van der Waals surface area contributed by atoms with Gasteiger partial charge in [-0.15, -0.1) is 0 Å². The molecule has 1 aromatic heterocycles. The summed E-state index contributed by atoms with van der Waals surface area (Å²) in [6, 6.07) is 4.47. The maximum absolute atomic E-state index is 9.03. The quantitative estimate of drug-likeness (QED) is 0.806. The van der Waals surface area contributed by atoms with E-state index >= 15 is 0 Å². The first kappa shape index (κ1) is 12.0. The molecule has 0 aliphatic carbocycles. The number of hydrogen-bond donors (Lipinski definition) is 1. The van der Waals surface area contributed by atoms with Gasteiger partial charge in [0.25, 0.3) is 0 Å². The molecule has 0 radical (unpaired) electrons. The highest BCUT2D eigenvalue weighted by Crippen LogP contribution is 2.18. The Kier molecular flexibility index (Phi) is 4.56. The van der Waals surface area contributed by atoms with Crippen LogP contribution in [-0.4, -0.2) is 22.7 Å². The van der Waals surface area contributed by atoms with Crippen molar-refractivity contribution in [1.82, 2.24) is 4.98 Å². The topological polar surface area (TPSA) is 36.4 Å². The molecule has 0 spiro atoms. The van der Waals surface area contributed by atoms with E-state index in [2.05, 4.69) is 30.7 Å². The summed E-state index contributed by atoms with van der Waals surface area (Å²) < 4.78 is 0. The van der Waals surface area contributed by atoms with E-state index in [-0.39, 0.29) is 6.61 Å². The highest BCUT2D eigenvalue weighted by molar-refractivity contribution is 5.47. The number of anilines is 1. The van der Waals surface area contributed by atoms with E-state index in [1.807, 2.05) is 12.1 Å². The molecule has 84 valence electrons. The average Bonchev–Trinajstić information content (AvgIpc) is 2.30. The standard InChI is InChI=1S/C12H20N2O/c1-4-10(3)14(5-2)12-6-7-13-11(8-12)9-15/h6-8,10,15H,4-5,9H2,1-3H3. The molecule has 3 nitrogen and oxygen atoms in total. The van der Waals surface area contributed by atoms with Crippen molar-refractivity contribution in [2.45, 2.75) is 39.8 Å². The minimum atomic E-state index is 0.00585. The number of aromatic nitrogens is 1. The second-order valence-electron chi connectivity index (χ2n) is 3.71. The number of hydrogen-bond acceptors (Lipinski definition) is 3. The number of rotatable bonds is 5. The van der Waals surface area contributed by atoms with E-state index in [4.69, 9.17) is 5.11 Å². The third-order valence-electron chi connectivity index (χ3n) is 2.76. The second-order valence-corrected chi connectivity index (χ2v) is 3.71. The Bertz CT molecular complexity index is 301. The summed E-state index contributed by atoms with van der Waals surface area (Å²) in [5.74, 6) is 0. The predicted octanol–water partition coefficient (Wildman–Crippen LogP) is 2.20. The van der Waals surface area contributed by atoms with Crippen LogP contribution in [-0.2, 0) is 6.61 Å². The number of aliphatic hydroxyl groups is 1. The van der Waals surface area contributed by atoms with Gasteiger partial charge in [0.2, 0.25) is 0 Å². The molecule has 1 atom stereocenters. The lowest BCUT2D eigenvalue weighted by atomic mass is 10.2. The lowest BCUT2D eigenvalue weighted by molar-refractivity contribution is 0.277. The van der Waals surface area contributed by atoms with Gasteiger partial charge in [0.1, 0.15) is 0 Å². The van der Waals surface area contributed by atoms with Crippen LogP contribution in [0.4, 0.5) is 5.69 Å². The van der Waals surface area contributed by atoms with Gasteiger partial charge in [-0.3, -0.25) is 4.98 Å². The molecule has 1 heterocycles. The van der Waals surface area contributed by atoms with E-state index in [9.17, 15) is 0 Å². The smallest absolute Gasteiger partial charge is 0.0853 e. The number of nitrogens with zero attached hydrogens (tertiary/aromatic N) is 2. The number of aliphatic hydroxyl groups excluding tert-OH is 1. The Labute approximate surface area is 91.8 Å². The van der Waals surface area contributed by atoms with Crippen LogP contribution in [0.3, 0.4) is 0 Å². The highest BCUT2D eigenvalue weighted by Gasteiger charge is 2.11. The van der Waals surface area contributed by atoms with Crippen molar-refractivity contribution in [3.05, 3.63) is 24.0 Å². The fraction of sp³-hybridized carbons (Fsp3) is 0.583. The Morgan fingerprint density at radius 1 is 1.47 bits per heavy atom. The molecule has 1 N–H and O–H groups in total. The monoisotopic (exact) mass is 208 g/mol. The van der Waals surface area contributed by atoms with Crippen molar-refractivity contribution in [2.24, 2.45) is 0 Å². The van der Waals surface area contributed by atoms with Gasteiger partial charge in [-0.05, 0) is 32.4 Å². The van der Waals surface area contributed by atoms with Gasteiger partial charge < -0.3 is 10.0 Å². The van der Waals surface area contributed by atoms with Crippen LogP contribution in [0.2, 0.25) is 0 Å². The minimum absolute atomic E-state index is 0.00585. The predicted molar refractivity (Wildman–Crippen MR) is 62.9 cm³/mol. The van der Waals surface area contributed by atoms with E-state index in [0.717, 1.165) is 24.3 Å². The summed E-state index contributed by atoms with van der Waals surface area (Å²) in [6.07, 6.45) is 2.87. The van der Waals surface area contributed by atoms with Crippen molar-refractivity contribution >= 4 is 5.69 Å². The van der Waals surface area contributed by atoms with Crippen LogP contribution in [0, 0.1) is 0 Å². The zero-order valence-electron chi connectivity index (χ0n) is 9.77. The molecule has 1 rings (SSSR count). The summed E-state index contributed by atoms with van der Waals surface area (Å²) in [5.41, 5.74) is 1.88. The van der Waals surface area contributed by atoms with Gasteiger partial charge in [-0.2, -0.15) is 0 Å². The van der Waals surface area contributed by atoms with E-state index in [1.165, 1.54) is 0 Å². The molecule has 0 aromatic carbocycles. The van der Waals surface area contributed by atoms with E-state index < -0.39 is 0 Å². The molecular weight excluding hydrogens is 188 g/mol. The average molecular weight is 208 g/mol. The Morgan fingerprint density at radius 3 is 2.73 bits per heavy atom. The zero-order valence-corrected chi connectivity index (χ0v) is 9.77. The zero-order chi connectivity index (χ0) is 11.3. The summed E-state index contributed by atoms with van der Waals surface area (Å²) >= 11 is 0. The van der Waals surface area contributed by atoms with Gasteiger partial charge in [0, 0.05) is 24.5 Å². The van der Waals surface area contributed by atoms with Crippen LogP contribution in [0.25, 0.3) is 0 Å². The van der Waals surface area contributed by atoms with Crippen LogP contribution in [0.5, 0.6) is 0 Å². The molecule has 0 bridgehead atoms. The Morgan fingerprint density at radius 2 is 2.20 bits per heavy atom. The summed E-state index contributed by atoms with van der Waals surface area (Å²) in [6.45, 7) is 7.52. The third kappa shape index (κ3) is 2.93. The van der Waals surface area contributed by atoms with Crippen molar-refractivity contribution in [1.29, 1.82) is 0 Å². The highest BCUT2D eigenvalue weighted by atomic mass is 16.3. The molecule has 3 heteroatoms. The Balaban J connectivity index is 2.91. The molecule has 0 saturated heterocycles. The first-order valence-corrected chi connectivity index (χ1v) is 5.55. The molecule has 0 aliphatic heterocycles. The van der Waals surface area contributed by atoms with Crippen molar-refractivity contribution < 1.29 is 5.11 Å². The minimum Gasteiger partial charge on any atom is -0.390 e. The van der Waals surface area contributed by atoms with Crippen LogP contribution >= 0.6 is 0 Å². The molecule has 1 unspecified atom stereocenters. The maximum atomic E-state index is 9.03. The van der Waals surface area contributed by atoms with Crippen LogP contribution < -0.4 is 4.90 Å². The summed E-state index contributed by atoms with van der Waals surface area (Å²) in [5, 5.41) is 9.03.